The zero-order valence-corrected chi connectivity index (χ0v) is 13.7. The van der Waals surface area contributed by atoms with Gasteiger partial charge in [-0.05, 0) is 32.2 Å². The Morgan fingerprint density at radius 1 is 1.32 bits per heavy atom. The van der Waals surface area contributed by atoms with Gasteiger partial charge in [0.2, 0.25) is 0 Å². The molecule has 0 spiro atoms. The van der Waals surface area contributed by atoms with E-state index in [0.717, 1.165) is 19.5 Å². The van der Waals surface area contributed by atoms with Gasteiger partial charge in [0.25, 0.3) is 0 Å². The lowest BCUT2D eigenvalue weighted by atomic mass is 10.0. The minimum absolute atomic E-state index is 0.302. The highest BCUT2D eigenvalue weighted by atomic mass is 32.2. The lowest BCUT2D eigenvalue weighted by Gasteiger charge is -2.30. The highest BCUT2D eigenvalue weighted by molar-refractivity contribution is 7.91. The first kappa shape index (κ1) is 16.9. The summed E-state index contributed by atoms with van der Waals surface area (Å²) in [5.74, 6) is 1.21. The minimum atomic E-state index is -2.87. The third kappa shape index (κ3) is 5.79. The summed E-state index contributed by atoms with van der Waals surface area (Å²) in [5.41, 5.74) is 0. The Bertz CT molecular complexity index is 354. The van der Waals surface area contributed by atoms with Gasteiger partial charge in [-0.2, -0.15) is 0 Å². The van der Waals surface area contributed by atoms with E-state index in [1.165, 1.54) is 0 Å². The Labute approximate surface area is 118 Å². The van der Waals surface area contributed by atoms with E-state index in [9.17, 15) is 8.42 Å². The molecule has 2 atom stereocenters. The van der Waals surface area contributed by atoms with Crippen LogP contribution in [0, 0.1) is 5.92 Å². The molecule has 114 valence electrons. The largest absolute Gasteiger partial charge is 0.312 e. The minimum Gasteiger partial charge on any atom is -0.312 e. The third-order valence-corrected chi connectivity index (χ3v) is 5.87. The molecule has 4 nitrogen and oxygen atoms in total. The second kappa shape index (κ2) is 7.60. The molecule has 1 heterocycles. The van der Waals surface area contributed by atoms with Gasteiger partial charge in [0.05, 0.1) is 5.75 Å². The van der Waals surface area contributed by atoms with Gasteiger partial charge in [-0.3, -0.25) is 4.90 Å². The summed E-state index contributed by atoms with van der Waals surface area (Å²) in [6.07, 6.45) is 1.81. The van der Waals surface area contributed by atoms with Crippen LogP contribution in [0.4, 0.5) is 0 Å². The molecule has 0 aliphatic carbocycles. The lowest BCUT2D eigenvalue weighted by Crippen LogP contribution is -2.44. The second-order valence-electron chi connectivity index (χ2n) is 6.09. The van der Waals surface area contributed by atoms with Gasteiger partial charge in [-0.25, -0.2) is 8.42 Å². The molecule has 1 aliphatic rings. The predicted octanol–water partition coefficient (Wildman–Crippen LogP) is 1.52. The van der Waals surface area contributed by atoms with Crippen LogP contribution in [0.5, 0.6) is 0 Å². The van der Waals surface area contributed by atoms with Crippen molar-refractivity contribution in [2.75, 3.05) is 31.1 Å². The van der Waals surface area contributed by atoms with E-state index >= 15 is 0 Å². The van der Waals surface area contributed by atoms with Gasteiger partial charge in [0, 0.05) is 30.9 Å². The summed E-state index contributed by atoms with van der Waals surface area (Å²) < 4.78 is 23.7. The van der Waals surface area contributed by atoms with Gasteiger partial charge >= 0.3 is 0 Å². The summed E-state index contributed by atoms with van der Waals surface area (Å²) in [6.45, 7) is 11.2. The van der Waals surface area contributed by atoms with Crippen molar-refractivity contribution in [1.29, 1.82) is 0 Å². The molecule has 0 aromatic carbocycles. The highest BCUT2D eigenvalue weighted by Crippen LogP contribution is 2.13. The average Bonchev–Trinajstić information content (AvgIpc) is 2.49. The van der Waals surface area contributed by atoms with E-state index in [1.54, 1.807) is 0 Å². The Hall–Kier alpha value is -0.130. The smallest absolute Gasteiger partial charge is 0.151 e. The molecule has 0 bridgehead atoms. The first-order chi connectivity index (χ1) is 8.85. The average molecular weight is 290 g/mol. The number of hydrogen-bond donors (Lipinski definition) is 1. The molecule has 5 heteroatoms. The molecule has 0 saturated carbocycles. The first-order valence-corrected chi connectivity index (χ1v) is 9.35. The molecular formula is C14H30N2O2S. The monoisotopic (exact) mass is 290 g/mol. The molecule has 0 aromatic rings. The number of hydrogen-bond acceptors (Lipinski definition) is 4. The molecule has 1 rings (SSSR count). The zero-order valence-electron chi connectivity index (χ0n) is 12.9. The Balaban J connectivity index is 2.58. The van der Waals surface area contributed by atoms with Crippen LogP contribution in [0.3, 0.4) is 0 Å². The summed E-state index contributed by atoms with van der Waals surface area (Å²) in [6, 6.07) is 0.937. The zero-order chi connectivity index (χ0) is 14.5. The van der Waals surface area contributed by atoms with Crippen molar-refractivity contribution in [2.24, 2.45) is 5.92 Å². The van der Waals surface area contributed by atoms with Crippen molar-refractivity contribution >= 4 is 9.84 Å². The summed E-state index contributed by atoms with van der Waals surface area (Å²) in [4.78, 5) is 2.35. The third-order valence-electron chi connectivity index (χ3n) is 4.03. The quantitative estimate of drug-likeness (QED) is 0.806. The molecule has 0 amide bonds. The van der Waals surface area contributed by atoms with Crippen LogP contribution < -0.4 is 5.32 Å². The first-order valence-electron chi connectivity index (χ1n) is 7.53. The van der Waals surface area contributed by atoms with Crippen LogP contribution in [-0.4, -0.2) is 56.5 Å². The van der Waals surface area contributed by atoms with Gasteiger partial charge in [-0.15, -0.1) is 0 Å². The van der Waals surface area contributed by atoms with Gasteiger partial charge < -0.3 is 5.32 Å². The van der Waals surface area contributed by atoms with E-state index in [-0.39, 0.29) is 0 Å². The molecule has 2 unspecified atom stereocenters. The topological polar surface area (TPSA) is 49.4 Å². The number of sulfone groups is 1. The van der Waals surface area contributed by atoms with Crippen molar-refractivity contribution in [3.8, 4) is 0 Å². The van der Waals surface area contributed by atoms with Crippen molar-refractivity contribution in [3.63, 3.8) is 0 Å². The molecule has 19 heavy (non-hydrogen) atoms. The van der Waals surface area contributed by atoms with Crippen LogP contribution in [-0.2, 0) is 9.84 Å². The molecule has 1 N–H and O–H groups in total. The molecule has 0 aromatic heterocycles. The van der Waals surface area contributed by atoms with Crippen molar-refractivity contribution < 1.29 is 8.42 Å². The summed E-state index contributed by atoms with van der Waals surface area (Å²) >= 11 is 0. The predicted molar refractivity (Wildman–Crippen MR) is 81.2 cm³/mol. The fraction of sp³-hybridized carbons (Fsp3) is 1.00. The Morgan fingerprint density at radius 2 is 2.00 bits per heavy atom. The van der Waals surface area contributed by atoms with Crippen molar-refractivity contribution in [2.45, 2.75) is 52.6 Å². The Morgan fingerprint density at radius 3 is 2.58 bits per heavy atom. The SMILES string of the molecule is CCCS(=O)(=O)CCN1CC(C(C)C)NCCC1C. The van der Waals surface area contributed by atoms with Gasteiger partial charge in [-0.1, -0.05) is 20.8 Å². The maximum atomic E-state index is 11.8. The van der Waals surface area contributed by atoms with Crippen molar-refractivity contribution in [3.05, 3.63) is 0 Å². The summed E-state index contributed by atoms with van der Waals surface area (Å²) in [7, 11) is -2.87. The van der Waals surface area contributed by atoms with E-state index in [1.807, 2.05) is 6.92 Å². The van der Waals surface area contributed by atoms with E-state index in [0.29, 0.717) is 42.5 Å². The standard InChI is InChI=1S/C14H30N2O2S/c1-5-9-19(17,18)10-8-16-11-14(12(2)3)15-7-6-13(16)4/h12-15H,5-11H2,1-4H3. The van der Waals surface area contributed by atoms with Crippen LogP contribution >= 0.6 is 0 Å². The highest BCUT2D eigenvalue weighted by Gasteiger charge is 2.25. The molecule has 1 fully saturated rings. The molecular weight excluding hydrogens is 260 g/mol. The lowest BCUT2D eigenvalue weighted by molar-refractivity contribution is 0.203. The van der Waals surface area contributed by atoms with Crippen LogP contribution in [0.25, 0.3) is 0 Å². The fourth-order valence-corrected chi connectivity index (χ4v) is 3.92. The van der Waals surface area contributed by atoms with E-state index < -0.39 is 9.84 Å². The molecule has 1 saturated heterocycles. The van der Waals surface area contributed by atoms with Crippen LogP contribution in [0.2, 0.25) is 0 Å². The Kier molecular flexibility index (Phi) is 6.77. The van der Waals surface area contributed by atoms with E-state index in [4.69, 9.17) is 0 Å². The molecule has 0 radical (unpaired) electrons. The van der Waals surface area contributed by atoms with Crippen LogP contribution in [0.15, 0.2) is 0 Å². The second-order valence-corrected chi connectivity index (χ2v) is 8.39. The number of nitrogens with one attached hydrogen (secondary N) is 1. The van der Waals surface area contributed by atoms with Gasteiger partial charge in [0.15, 0.2) is 9.84 Å². The molecule has 1 aliphatic heterocycles. The maximum Gasteiger partial charge on any atom is 0.151 e. The number of rotatable bonds is 6. The number of nitrogens with zero attached hydrogens (tertiary/aromatic N) is 1. The summed E-state index contributed by atoms with van der Waals surface area (Å²) in [5, 5.41) is 3.57. The fourth-order valence-electron chi connectivity index (χ4n) is 2.58. The van der Waals surface area contributed by atoms with Crippen molar-refractivity contribution in [1.82, 2.24) is 10.2 Å². The normalized spacial score (nSPS) is 26.6. The van der Waals surface area contributed by atoms with Crippen LogP contribution in [0.1, 0.15) is 40.5 Å². The maximum absolute atomic E-state index is 11.8. The van der Waals surface area contributed by atoms with Gasteiger partial charge in [0.1, 0.15) is 0 Å². The van der Waals surface area contributed by atoms with E-state index in [2.05, 4.69) is 31.0 Å².